The molecule has 0 unspecified atom stereocenters. The summed E-state index contributed by atoms with van der Waals surface area (Å²) in [4.78, 5) is 24.7. The Morgan fingerprint density at radius 3 is 2.83 bits per heavy atom. The molecular formula is C17H18N6O. The van der Waals surface area contributed by atoms with Crippen LogP contribution in [0.2, 0.25) is 0 Å². The molecule has 7 heteroatoms. The van der Waals surface area contributed by atoms with Crippen molar-refractivity contribution >= 4 is 17.3 Å². The van der Waals surface area contributed by atoms with Gasteiger partial charge in [-0.1, -0.05) is 0 Å². The lowest BCUT2D eigenvalue weighted by atomic mass is 10.1. The Hall–Kier alpha value is -3.22. The molecule has 0 saturated heterocycles. The van der Waals surface area contributed by atoms with Crippen molar-refractivity contribution in [2.75, 3.05) is 11.1 Å². The van der Waals surface area contributed by atoms with Gasteiger partial charge in [0.15, 0.2) is 5.82 Å². The monoisotopic (exact) mass is 322 g/mol. The Balaban J connectivity index is 1.67. The van der Waals surface area contributed by atoms with E-state index in [-0.39, 0.29) is 12.2 Å². The fraction of sp³-hybridized carbons (Fsp3) is 0.176. The molecule has 3 heterocycles. The van der Waals surface area contributed by atoms with Crippen LogP contribution in [-0.2, 0) is 20.0 Å². The molecular weight excluding hydrogens is 304 g/mol. The van der Waals surface area contributed by atoms with E-state index in [4.69, 9.17) is 5.73 Å². The van der Waals surface area contributed by atoms with Crippen molar-refractivity contribution < 1.29 is 4.79 Å². The fourth-order valence-electron chi connectivity index (χ4n) is 2.39. The van der Waals surface area contributed by atoms with Gasteiger partial charge in [0, 0.05) is 38.3 Å². The molecule has 3 aromatic heterocycles. The van der Waals surface area contributed by atoms with Crippen LogP contribution in [0, 0.1) is 0 Å². The number of carbonyl (C=O) groups is 1. The fourth-order valence-corrected chi connectivity index (χ4v) is 2.39. The first-order valence-electron chi connectivity index (χ1n) is 7.52. The second kappa shape index (κ2) is 6.91. The van der Waals surface area contributed by atoms with Crippen LogP contribution in [0.15, 0.2) is 49.1 Å². The molecule has 0 radical (unpaired) electrons. The van der Waals surface area contributed by atoms with Crippen LogP contribution in [0.25, 0.3) is 0 Å². The molecule has 3 N–H and O–H groups in total. The standard InChI is InChI=1S/C17H18N6O/c1-23-8-7-21-17(23)15(24)10-12-4-6-19-13(9-12)11-22-14-3-2-5-20-16(14)18/h2-9,22H,10-11H2,1H3,(H2,18,20). The normalized spacial score (nSPS) is 10.5. The van der Waals surface area contributed by atoms with E-state index in [9.17, 15) is 4.79 Å². The van der Waals surface area contributed by atoms with Crippen LogP contribution < -0.4 is 11.1 Å². The summed E-state index contributed by atoms with van der Waals surface area (Å²) in [6.07, 6.45) is 7.00. The molecule has 0 aliphatic heterocycles. The van der Waals surface area contributed by atoms with Crippen molar-refractivity contribution in [2.24, 2.45) is 7.05 Å². The maximum absolute atomic E-state index is 12.3. The number of hydrogen-bond acceptors (Lipinski definition) is 6. The molecule has 7 nitrogen and oxygen atoms in total. The molecule has 0 aliphatic carbocycles. The third-order valence-corrected chi connectivity index (χ3v) is 3.61. The summed E-state index contributed by atoms with van der Waals surface area (Å²) in [5, 5.41) is 3.20. The third-order valence-electron chi connectivity index (χ3n) is 3.61. The SMILES string of the molecule is Cn1ccnc1C(=O)Cc1ccnc(CNc2cccnc2N)c1. The Labute approximate surface area is 139 Å². The van der Waals surface area contributed by atoms with E-state index in [1.807, 2.05) is 24.3 Å². The molecule has 0 bridgehead atoms. The number of imidazole rings is 1. The predicted octanol–water partition coefficient (Wildman–Crippen LogP) is 1.83. The first kappa shape index (κ1) is 15.7. The van der Waals surface area contributed by atoms with Crippen LogP contribution in [-0.4, -0.2) is 25.3 Å². The number of carbonyl (C=O) groups excluding carboxylic acids is 1. The molecule has 3 aromatic rings. The predicted molar refractivity (Wildman–Crippen MR) is 91.5 cm³/mol. The number of rotatable bonds is 6. The minimum atomic E-state index is -0.0240. The number of anilines is 2. The van der Waals surface area contributed by atoms with Crippen molar-refractivity contribution in [1.82, 2.24) is 19.5 Å². The first-order valence-corrected chi connectivity index (χ1v) is 7.52. The third kappa shape index (κ3) is 3.57. The topological polar surface area (TPSA) is 98.7 Å². The van der Waals surface area contributed by atoms with Gasteiger partial charge in [-0.25, -0.2) is 9.97 Å². The van der Waals surface area contributed by atoms with Crippen LogP contribution >= 0.6 is 0 Å². The Kier molecular flexibility index (Phi) is 4.51. The lowest BCUT2D eigenvalue weighted by molar-refractivity contribution is 0.0980. The van der Waals surface area contributed by atoms with Crippen LogP contribution in [0.1, 0.15) is 21.9 Å². The number of nitrogens with one attached hydrogen (secondary N) is 1. The van der Waals surface area contributed by atoms with Crippen molar-refractivity contribution in [3.8, 4) is 0 Å². The van der Waals surface area contributed by atoms with Gasteiger partial charge in [-0.2, -0.15) is 0 Å². The highest BCUT2D eigenvalue weighted by atomic mass is 16.1. The highest BCUT2D eigenvalue weighted by Gasteiger charge is 2.12. The quantitative estimate of drug-likeness (QED) is 0.672. The number of nitrogen functional groups attached to an aromatic ring is 1. The Bertz CT molecular complexity index is 858. The number of Topliss-reactive ketones (excluding diaryl/α,β-unsaturated/α-hetero) is 1. The van der Waals surface area contributed by atoms with Gasteiger partial charge in [0.1, 0.15) is 5.82 Å². The number of aryl methyl sites for hydroxylation is 1. The summed E-state index contributed by atoms with van der Waals surface area (Å²) >= 11 is 0. The molecule has 122 valence electrons. The smallest absolute Gasteiger partial charge is 0.202 e. The van der Waals surface area contributed by atoms with E-state index in [2.05, 4.69) is 20.3 Å². The zero-order valence-electron chi connectivity index (χ0n) is 13.3. The molecule has 0 spiro atoms. The second-order valence-electron chi connectivity index (χ2n) is 5.41. The summed E-state index contributed by atoms with van der Waals surface area (Å²) in [7, 11) is 1.81. The first-order chi connectivity index (χ1) is 11.6. The van der Waals surface area contributed by atoms with Gasteiger partial charge >= 0.3 is 0 Å². The molecule has 0 aliphatic rings. The van der Waals surface area contributed by atoms with Crippen LogP contribution in [0.3, 0.4) is 0 Å². The summed E-state index contributed by atoms with van der Waals surface area (Å²) < 4.78 is 1.72. The lowest BCUT2D eigenvalue weighted by Gasteiger charge is -2.09. The van der Waals surface area contributed by atoms with Crippen LogP contribution in [0.4, 0.5) is 11.5 Å². The van der Waals surface area contributed by atoms with Crippen LogP contribution in [0.5, 0.6) is 0 Å². The van der Waals surface area contributed by atoms with Gasteiger partial charge in [0.25, 0.3) is 0 Å². The molecule has 0 fully saturated rings. The van der Waals surface area contributed by atoms with E-state index < -0.39 is 0 Å². The van der Waals surface area contributed by atoms with Crippen molar-refractivity contribution in [1.29, 1.82) is 0 Å². The van der Waals surface area contributed by atoms with Crippen molar-refractivity contribution in [3.63, 3.8) is 0 Å². The van der Waals surface area contributed by atoms with Crippen molar-refractivity contribution in [2.45, 2.75) is 13.0 Å². The molecule has 0 atom stereocenters. The average molecular weight is 322 g/mol. The van der Waals surface area contributed by atoms with E-state index in [1.54, 1.807) is 36.4 Å². The Morgan fingerprint density at radius 1 is 1.21 bits per heavy atom. The number of aromatic nitrogens is 4. The minimum absolute atomic E-state index is 0.0240. The molecule has 0 amide bonds. The van der Waals surface area contributed by atoms with Gasteiger partial charge in [-0.3, -0.25) is 9.78 Å². The van der Waals surface area contributed by atoms with E-state index in [1.165, 1.54) is 0 Å². The van der Waals surface area contributed by atoms with Gasteiger partial charge in [0.05, 0.1) is 17.9 Å². The number of ketones is 1. The Morgan fingerprint density at radius 2 is 2.08 bits per heavy atom. The van der Waals surface area contributed by atoms with E-state index >= 15 is 0 Å². The maximum Gasteiger partial charge on any atom is 0.202 e. The summed E-state index contributed by atoms with van der Waals surface area (Å²) in [6, 6.07) is 7.41. The maximum atomic E-state index is 12.3. The lowest BCUT2D eigenvalue weighted by Crippen LogP contribution is -2.11. The van der Waals surface area contributed by atoms with Gasteiger partial charge in [-0.15, -0.1) is 0 Å². The number of nitrogens with two attached hydrogens (primary N) is 1. The average Bonchev–Trinajstić information content (AvgIpc) is 3.01. The van der Waals surface area contributed by atoms with Crippen molar-refractivity contribution in [3.05, 3.63) is 66.1 Å². The number of hydrogen-bond donors (Lipinski definition) is 2. The molecule has 0 aromatic carbocycles. The zero-order chi connectivity index (χ0) is 16.9. The number of nitrogens with zero attached hydrogens (tertiary/aromatic N) is 4. The summed E-state index contributed by atoms with van der Waals surface area (Å²) in [5.74, 6) is 0.873. The summed E-state index contributed by atoms with van der Waals surface area (Å²) in [5.41, 5.74) is 8.28. The zero-order valence-corrected chi connectivity index (χ0v) is 13.3. The molecule has 24 heavy (non-hydrogen) atoms. The van der Waals surface area contributed by atoms with E-state index in [0.717, 1.165) is 16.9 Å². The highest BCUT2D eigenvalue weighted by molar-refractivity contribution is 5.94. The number of pyridine rings is 2. The minimum Gasteiger partial charge on any atom is -0.382 e. The second-order valence-corrected chi connectivity index (χ2v) is 5.41. The van der Waals surface area contributed by atoms with Gasteiger partial charge < -0.3 is 15.6 Å². The summed E-state index contributed by atoms with van der Waals surface area (Å²) in [6.45, 7) is 0.500. The highest BCUT2D eigenvalue weighted by Crippen LogP contribution is 2.15. The molecule has 3 rings (SSSR count). The largest absolute Gasteiger partial charge is 0.382 e. The molecule has 0 saturated carbocycles. The van der Waals surface area contributed by atoms with E-state index in [0.29, 0.717) is 18.2 Å². The van der Waals surface area contributed by atoms with Gasteiger partial charge in [-0.05, 0) is 29.8 Å². The van der Waals surface area contributed by atoms with Gasteiger partial charge in [0.2, 0.25) is 5.78 Å².